The van der Waals surface area contributed by atoms with Gasteiger partial charge in [0.1, 0.15) is 11.1 Å². The normalized spacial score (nSPS) is 20.1. The number of nitriles is 1. The first-order chi connectivity index (χ1) is 13.7. The van der Waals surface area contributed by atoms with Crippen molar-refractivity contribution in [3.63, 3.8) is 0 Å². The van der Waals surface area contributed by atoms with Crippen LogP contribution in [0.25, 0.3) is 4.48 Å². The van der Waals surface area contributed by atoms with Gasteiger partial charge in [0.2, 0.25) is 0 Å². The highest BCUT2D eigenvalue weighted by Crippen LogP contribution is 2.36. The first-order valence-corrected chi connectivity index (χ1v) is 11.1. The SMILES string of the molecule is CC(C)(C)OC(=O)N1CCC(C#N)(N2CCC(=C(Br)c3ccccc3)CC2)CC1. The molecule has 0 unspecified atom stereocenters. The number of hydrogen-bond donors (Lipinski definition) is 0. The second kappa shape index (κ2) is 8.89. The fraction of sp³-hybridized carbons (Fsp3) is 0.565. The molecule has 29 heavy (non-hydrogen) atoms. The second-order valence-electron chi connectivity index (χ2n) is 8.88. The molecular weight excluding hydrogens is 430 g/mol. The minimum Gasteiger partial charge on any atom is -0.444 e. The summed E-state index contributed by atoms with van der Waals surface area (Å²) in [5, 5.41) is 10.0. The number of likely N-dealkylation sites (tertiary alicyclic amines) is 2. The molecule has 3 rings (SSSR count). The Morgan fingerprint density at radius 2 is 1.69 bits per heavy atom. The summed E-state index contributed by atoms with van der Waals surface area (Å²) in [5.74, 6) is 0. The fourth-order valence-electron chi connectivity index (χ4n) is 4.10. The van der Waals surface area contributed by atoms with Gasteiger partial charge in [-0.1, -0.05) is 51.8 Å². The van der Waals surface area contributed by atoms with Crippen molar-refractivity contribution in [2.45, 2.75) is 57.6 Å². The van der Waals surface area contributed by atoms with Crippen molar-refractivity contribution in [1.82, 2.24) is 9.80 Å². The third kappa shape index (κ3) is 5.21. The van der Waals surface area contributed by atoms with Crippen LogP contribution < -0.4 is 0 Å². The van der Waals surface area contributed by atoms with E-state index in [0.717, 1.165) is 25.9 Å². The number of amides is 1. The largest absolute Gasteiger partial charge is 0.444 e. The van der Waals surface area contributed by atoms with Gasteiger partial charge in [-0.05, 0) is 52.0 Å². The number of halogens is 1. The third-order valence-electron chi connectivity index (χ3n) is 5.76. The van der Waals surface area contributed by atoms with Crippen LogP contribution in [0.15, 0.2) is 35.9 Å². The van der Waals surface area contributed by atoms with Gasteiger partial charge in [-0.3, -0.25) is 4.90 Å². The van der Waals surface area contributed by atoms with Gasteiger partial charge in [-0.15, -0.1) is 0 Å². The quantitative estimate of drug-likeness (QED) is 0.610. The van der Waals surface area contributed by atoms with Gasteiger partial charge in [0, 0.05) is 30.7 Å². The van der Waals surface area contributed by atoms with Gasteiger partial charge in [0.05, 0.1) is 6.07 Å². The van der Waals surface area contributed by atoms with E-state index in [0.29, 0.717) is 25.9 Å². The summed E-state index contributed by atoms with van der Waals surface area (Å²) >= 11 is 3.78. The molecule has 0 spiro atoms. The maximum Gasteiger partial charge on any atom is 0.410 e. The van der Waals surface area contributed by atoms with Crippen molar-refractivity contribution < 1.29 is 9.53 Å². The van der Waals surface area contributed by atoms with Crippen LogP contribution in [0.3, 0.4) is 0 Å². The number of benzene rings is 1. The number of piperidine rings is 2. The number of hydrogen-bond acceptors (Lipinski definition) is 4. The zero-order valence-corrected chi connectivity index (χ0v) is 19.2. The van der Waals surface area contributed by atoms with E-state index in [4.69, 9.17) is 4.74 Å². The average molecular weight is 460 g/mol. The molecule has 2 saturated heterocycles. The smallest absolute Gasteiger partial charge is 0.410 e. The standard InChI is InChI=1S/C23H30BrN3O2/c1-22(2,3)29-21(28)26-15-11-23(17-25,12-16-26)27-13-9-19(10-14-27)20(24)18-7-5-4-6-8-18/h4-8H,9-16H2,1-3H3. The van der Waals surface area contributed by atoms with Crippen LogP contribution in [0.2, 0.25) is 0 Å². The maximum atomic E-state index is 12.3. The Hall–Kier alpha value is -1.84. The molecule has 6 heteroatoms. The van der Waals surface area contributed by atoms with Crippen molar-refractivity contribution in [3.05, 3.63) is 41.5 Å². The molecule has 0 N–H and O–H groups in total. The summed E-state index contributed by atoms with van der Waals surface area (Å²) in [6.45, 7) is 8.50. The second-order valence-corrected chi connectivity index (χ2v) is 9.67. The number of ether oxygens (including phenoxy) is 1. The van der Waals surface area contributed by atoms with Crippen LogP contribution in [0.1, 0.15) is 52.0 Å². The van der Waals surface area contributed by atoms with Crippen molar-refractivity contribution in [2.75, 3.05) is 26.2 Å². The molecule has 1 amide bonds. The Morgan fingerprint density at radius 3 is 2.21 bits per heavy atom. The van der Waals surface area contributed by atoms with Crippen molar-refractivity contribution in [1.29, 1.82) is 5.26 Å². The Morgan fingerprint density at radius 1 is 1.10 bits per heavy atom. The average Bonchev–Trinajstić information content (AvgIpc) is 2.73. The van der Waals surface area contributed by atoms with Crippen LogP contribution >= 0.6 is 15.9 Å². The summed E-state index contributed by atoms with van der Waals surface area (Å²) < 4.78 is 6.67. The summed E-state index contributed by atoms with van der Waals surface area (Å²) in [5.41, 5.74) is 1.63. The van der Waals surface area contributed by atoms with Gasteiger partial charge in [0.25, 0.3) is 0 Å². The molecule has 0 aromatic heterocycles. The van der Waals surface area contributed by atoms with Crippen molar-refractivity contribution in [2.24, 2.45) is 0 Å². The van der Waals surface area contributed by atoms with Crippen LogP contribution in [0.5, 0.6) is 0 Å². The monoisotopic (exact) mass is 459 g/mol. The molecule has 1 aromatic carbocycles. The number of nitrogens with zero attached hydrogens (tertiary/aromatic N) is 3. The highest BCUT2D eigenvalue weighted by Gasteiger charge is 2.42. The van der Waals surface area contributed by atoms with E-state index >= 15 is 0 Å². The Bertz CT molecular complexity index is 790. The highest BCUT2D eigenvalue weighted by molar-refractivity contribution is 9.15. The fourth-order valence-corrected chi connectivity index (χ4v) is 4.76. The molecule has 156 valence electrons. The molecule has 0 atom stereocenters. The summed E-state index contributed by atoms with van der Waals surface area (Å²) in [6, 6.07) is 13.0. The number of rotatable bonds is 2. The predicted octanol–water partition coefficient (Wildman–Crippen LogP) is 5.18. The first-order valence-electron chi connectivity index (χ1n) is 10.3. The van der Waals surface area contributed by atoms with Gasteiger partial charge < -0.3 is 9.64 Å². The lowest BCUT2D eigenvalue weighted by molar-refractivity contribution is 0.00484. The lowest BCUT2D eigenvalue weighted by Crippen LogP contribution is -2.57. The topological polar surface area (TPSA) is 56.6 Å². The van der Waals surface area contributed by atoms with E-state index in [1.54, 1.807) is 4.90 Å². The Kier molecular flexibility index (Phi) is 6.70. The maximum absolute atomic E-state index is 12.3. The predicted molar refractivity (Wildman–Crippen MR) is 118 cm³/mol. The highest BCUT2D eigenvalue weighted by atomic mass is 79.9. The summed E-state index contributed by atoms with van der Waals surface area (Å²) in [6.07, 6.45) is 2.96. The third-order valence-corrected chi connectivity index (χ3v) is 6.78. The van der Waals surface area contributed by atoms with E-state index in [1.807, 2.05) is 26.8 Å². The van der Waals surface area contributed by atoms with E-state index in [-0.39, 0.29) is 6.09 Å². The molecular formula is C23H30BrN3O2. The number of carbonyl (C=O) groups is 1. The van der Waals surface area contributed by atoms with Gasteiger partial charge >= 0.3 is 6.09 Å². The minimum atomic E-state index is -0.497. The van der Waals surface area contributed by atoms with E-state index < -0.39 is 11.1 Å². The van der Waals surface area contributed by atoms with Crippen LogP contribution in [-0.4, -0.2) is 53.2 Å². The summed E-state index contributed by atoms with van der Waals surface area (Å²) in [4.78, 5) is 16.4. The van der Waals surface area contributed by atoms with E-state index in [1.165, 1.54) is 15.6 Å². The molecule has 2 fully saturated rings. The van der Waals surface area contributed by atoms with E-state index in [9.17, 15) is 10.1 Å². The molecule has 2 aliphatic rings. The zero-order valence-electron chi connectivity index (χ0n) is 17.6. The van der Waals surface area contributed by atoms with Crippen LogP contribution in [-0.2, 0) is 4.74 Å². The minimum absolute atomic E-state index is 0.278. The van der Waals surface area contributed by atoms with Gasteiger partial charge in [0.15, 0.2) is 0 Å². The van der Waals surface area contributed by atoms with Crippen molar-refractivity contribution in [3.8, 4) is 6.07 Å². The molecule has 2 heterocycles. The summed E-state index contributed by atoms with van der Waals surface area (Å²) in [7, 11) is 0. The zero-order chi connectivity index (χ0) is 21.1. The molecule has 2 aliphatic heterocycles. The number of carbonyl (C=O) groups excluding carboxylic acids is 1. The van der Waals surface area contributed by atoms with E-state index in [2.05, 4.69) is 51.2 Å². The Labute approximate surface area is 182 Å². The van der Waals surface area contributed by atoms with Gasteiger partial charge in [-0.2, -0.15) is 5.26 Å². The molecule has 5 nitrogen and oxygen atoms in total. The molecule has 0 bridgehead atoms. The lowest BCUT2D eigenvalue weighted by Gasteiger charge is -2.46. The molecule has 0 aliphatic carbocycles. The molecule has 0 saturated carbocycles. The lowest BCUT2D eigenvalue weighted by atomic mass is 9.85. The first kappa shape index (κ1) is 21.9. The van der Waals surface area contributed by atoms with Gasteiger partial charge in [-0.25, -0.2) is 4.79 Å². The molecule has 1 aromatic rings. The van der Waals surface area contributed by atoms with Crippen molar-refractivity contribution >= 4 is 26.5 Å². The van der Waals surface area contributed by atoms with Crippen LogP contribution in [0, 0.1) is 11.3 Å². The van der Waals surface area contributed by atoms with Crippen LogP contribution in [0.4, 0.5) is 4.79 Å². The molecule has 0 radical (unpaired) electrons. The Balaban J connectivity index is 1.61.